The minimum Gasteiger partial charge on any atom is -0.491 e. The van der Waals surface area contributed by atoms with E-state index in [-0.39, 0.29) is 25.2 Å². The van der Waals surface area contributed by atoms with E-state index in [4.69, 9.17) is 33.0 Å². The lowest BCUT2D eigenvalue weighted by Gasteiger charge is -2.43. The maximum atomic E-state index is 12.8. The van der Waals surface area contributed by atoms with Gasteiger partial charge in [-0.05, 0) is 42.2 Å². The molecule has 1 atom stereocenters. The van der Waals surface area contributed by atoms with E-state index in [0.717, 1.165) is 17.7 Å². The molecule has 2 aromatic rings. The lowest BCUT2D eigenvalue weighted by molar-refractivity contribution is -0.132. The summed E-state index contributed by atoms with van der Waals surface area (Å²) in [5, 5.41) is 10.2. The number of hydrogen-bond donors (Lipinski definition) is 1. The third-order valence-corrected chi connectivity index (χ3v) is 6.07. The van der Waals surface area contributed by atoms with Crippen molar-refractivity contribution in [1.82, 2.24) is 4.90 Å². The molecule has 1 N–H and O–H groups in total. The largest absolute Gasteiger partial charge is 0.491 e. The molecule has 3 rings (SSSR count). The number of carbonyl (C=O) groups is 1. The Labute approximate surface area is 194 Å². The predicted octanol–water partition coefficient (Wildman–Crippen LogP) is 5.19. The van der Waals surface area contributed by atoms with E-state index in [1.165, 1.54) is 0 Å². The van der Waals surface area contributed by atoms with Crippen molar-refractivity contribution >= 4 is 34.8 Å². The minimum absolute atomic E-state index is 0.0317. The Morgan fingerprint density at radius 1 is 1.16 bits per heavy atom. The van der Waals surface area contributed by atoms with Crippen molar-refractivity contribution in [3.8, 4) is 5.75 Å². The molecule has 168 valence electrons. The van der Waals surface area contributed by atoms with Gasteiger partial charge in [-0.3, -0.25) is 4.79 Å². The van der Waals surface area contributed by atoms with Gasteiger partial charge in [0.05, 0.1) is 23.4 Å². The molecule has 0 aliphatic carbocycles. The van der Waals surface area contributed by atoms with Gasteiger partial charge in [-0.1, -0.05) is 49.2 Å². The molecule has 0 spiro atoms. The molecule has 0 saturated carbocycles. The lowest BCUT2D eigenvalue weighted by atomic mass is 10.00. The molecule has 0 unspecified atom stereocenters. The van der Waals surface area contributed by atoms with Crippen LogP contribution >= 0.6 is 23.2 Å². The van der Waals surface area contributed by atoms with Gasteiger partial charge in [0.1, 0.15) is 12.4 Å². The van der Waals surface area contributed by atoms with Crippen LogP contribution in [0, 0.1) is 5.92 Å². The van der Waals surface area contributed by atoms with E-state index in [0.29, 0.717) is 47.8 Å². The van der Waals surface area contributed by atoms with Crippen LogP contribution in [-0.2, 0) is 4.79 Å². The summed E-state index contributed by atoms with van der Waals surface area (Å²) >= 11 is 12.7. The highest BCUT2D eigenvalue weighted by molar-refractivity contribution is 6.33. The van der Waals surface area contributed by atoms with Crippen LogP contribution in [0.5, 0.6) is 5.75 Å². The molecular weight excluding hydrogens is 435 g/mol. The highest BCUT2D eigenvalue weighted by Crippen LogP contribution is 2.37. The fourth-order valence-corrected chi connectivity index (χ4v) is 4.22. The predicted molar refractivity (Wildman–Crippen MR) is 126 cm³/mol. The van der Waals surface area contributed by atoms with Gasteiger partial charge in [-0.15, -0.1) is 0 Å². The molecule has 2 aromatic carbocycles. The quantitative estimate of drug-likeness (QED) is 0.583. The van der Waals surface area contributed by atoms with E-state index < -0.39 is 0 Å². The number of benzene rings is 2. The Kier molecular flexibility index (Phi) is 8.47. The first-order chi connectivity index (χ1) is 14.9. The number of anilines is 1. The standard InChI is InChI=1S/C24H30Cl2N2O3/c1-17(2)3-10-24(30)27-11-12-28(23(16-27)18-4-6-19(25)7-5-18)22-9-8-20(15-21(22)26)31-14-13-29/h4-9,15,17,23,29H,3,10-14,16H2,1-2H3/t23-/m0/s1. The highest BCUT2D eigenvalue weighted by atomic mass is 35.5. The summed E-state index contributed by atoms with van der Waals surface area (Å²) in [6.07, 6.45) is 1.47. The van der Waals surface area contributed by atoms with E-state index in [1.54, 1.807) is 6.07 Å². The number of nitrogens with zero attached hydrogens (tertiary/aromatic N) is 2. The van der Waals surface area contributed by atoms with Crippen molar-refractivity contribution in [2.24, 2.45) is 5.92 Å². The molecule has 7 heteroatoms. The van der Waals surface area contributed by atoms with Crippen LogP contribution < -0.4 is 9.64 Å². The van der Waals surface area contributed by atoms with Gasteiger partial charge in [0, 0.05) is 37.1 Å². The first kappa shape index (κ1) is 23.7. The van der Waals surface area contributed by atoms with Crippen molar-refractivity contribution in [3.63, 3.8) is 0 Å². The van der Waals surface area contributed by atoms with Crippen molar-refractivity contribution in [2.45, 2.75) is 32.7 Å². The van der Waals surface area contributed by atoms with Gasteiger partial charge in [0.2, 0.25) is 5.91 Å². The Morgan fingerprint density at radius 2 is 1.90 bits per heavy atom. The summed E-state index contributed by atoms with van der Waals surface area (Å²) in [6, 6.07) is 13.3. The Balaban J connectivity index is 1.85. The second-order valence-corrected chi connectivity index (χ2v) is 9.06. The van der Waals surface area contributed by atoms with Crippen LogP contribution in [0.1, 0.15) is 38.3 Å². The number of piperazine rings is 1. The summed E-state index contributed by atoms with van der Waals surface area (Å²) in [6.45, 7) is 6.37. The maximum absolute atomic E-state index is 12.8. The maximum Gasteiger partial charge on any atom is 0.222 e. The number of aliphatic hydroxyl groups excluding tert-OH is 1. The number of rotatable bonds is 8. The van der Waals surface area contributed by atoms with Gasteiger partial charge in [-0.2, -0.15) is 0 Å². The van der Waals surface area contributed by atoms with E-state index in [1.807, 2.05) is 41.3 Å². The average Bonchev–Trinajstić information content (AvgIpc) is 2.76. The molecule has 1 saturated heterocycles. The monoisotopic (exact) mass is 464 g/mol. The molecule has 0 bridgehead atoms. The van der Waals surface area contributed by atoms with Crippen molar-refractivity contribution in [3.05, 3.63) is 58.1 Å². The molecule has 1 aliphatic heterocycles. The number of ether oxygens (including phenoxy) is 1. The van der Waals surface area contributed by atoms with Crippen molar-refractivity contribution in [2.75, 3.05) is 37.7 Å². The first-order valence-corrected chi connectivity index (χ1v) is 11.5. The SMILES string of the molecule is CC(C)CCC(=O)N1CCN(c2ccc(OCCO)cc2Cl)[C@H](c2ccc(Cl)cc2)C1. The van der Waals surface area contributed by atoms with Crippen molar-refractivity contribution < 1.29 is 14.6 Å². The smallest absolute Gasteiger partial charge is 0.222 e. The van der Waals surface area contributed by atoms with Gasteiger partial charge < -0.3 is 19.6 Å². The van der Waals surface area contributed by atoms with Crippen molar-refractivity contribution in [1.29, 1.82) is 0 Å². The molecule has 5 nitrogen and oxygen atoms in total. The third-order valence-electron chi connectivity index (χ3n) is 5.51. The van der Waals surface area contributed by atoms with Gasteiger partial charge >= 0.3 is 0 Å². The lowest BCUT2D eigenvalue weighted by Crippen LogP contribution is -2.50. The zero-order chi connectivity index (χ0) is 22.4. The van der Waals surface area contributed by atoms with Crippen LogP contribution in [0.15, 0.2) is 42.5 Å². The molecule has 1 heterocycles. The summed E-state index contributed by atoms with van der Waals surface area (Å²) in [7, 11) is 0. The van der Waals surface area contributed by atoms with E-state index in [2.05, 4.69) is 18.7 Å². The number of carbonyl (C=O) groups excluding carboxylic acids is 1. The van der Waals surface area contributed by atoms with Crippen LogP contribution in [0.2, 0.25) is 10.0 Å². The zero-order valence-electron chi connectivity index (χ0n) is 18.1. The van der Waals surface area contributed by atoms with Crippen LogP contribution in [0.3, 0.4) is 0 Å². The molecule has 1 aliphatic rings. The Morgan fingerprint density at radius 3 is 2.55 bits per heavy atom. The molecular formula is C24H30Cl2N2O3. The highest BCUT2D eigenvalue weighted by Gasteiger charge is 2.31. The summed E-state index contributed by atoms with van der Waals surface area (Å²) in [5.41, 5.74) is 1.98. The van der Waals surface area contributed by atoms with E-state index in [9.17, 15) is 4.79 Å². The summed E-state index contributed by atoms with van der Waals surface area (Å²) in [4.78, 5) is 17.0. The minimum atomic E-state index is -0.0508. The molecule has 0 radical (unpaired) electrons. The number of aliphatic hydroxyl groups is 1. The number of hydrogen-bond acceptors (Lipinski definition) is 4. The first-order valence-electron chi connectivity index (χ1n) is 10.7. The molecule has 31 heavy (non-hydrogen) atoms. The normalized spacial score (nSPS) is 16.6. The van der Waals surface area contributed by atoms with Crippen LogP contribution in [0.25, 0.3) is 0 Å². The topological polar surface area (TPSA) is 53.0 Å². The second kappa shape index (κ2) is 11.1. The summed E-state index contributed by atoms with van der Waals surface area (Å²) < 4.78 is 5.48. The Hall–Kier alpha value is -1.95. The fraction of sp³-hybridized carbons (Fsp3) is 0.458. The second-order valence-electron chi connectivity index (χ2n) is 8.22. The number of halogens is 2. The van der Waals surface area contributed by atoms with Crippen LogP contribution in [0.4, 0.5) is 5.69 Å². The van der Waals surface area contributed by atoms with Crippen LogP contribution in [-0.4, -0.2) is 48.8 Å². The fourth-order valence-electron chi connectivity index (χ4n) is 3.81. The van der Waals surface area contributed by atoms with Gasteiger partial charge in [0.15, 0.2) is 0 Å². The van der Waals surface area contributed by atoms with E-state index >= 15 is 0 Å². The molecule has 0 aromatic heterocycles. The van der Waals surface area contributed by atoms with Gasteiger partial charge in [-0.25, -0.2) is 0 Å². The molecule has 1 fully saturated rings. The average molecular weight is 465 g/mol. The molecule has 1 amide bonds. The summed E-state index contributed by atoms with van der Waals surface area (Å²) in [5.74, 6) is 1.32. The number of amides is 1. The van der Waals surface area contributed by atoms with Gasteiger partial charge in [0.25, 0.3) is 0 Å². The Bertz CT molecular complexity index is 874. The third kappa shape index (κ3) is 6.28. The zero-order valence-corrected chi connectivity index (χ0v) is 19.6.